The topological polar surface area (TPSA) is 66.5 Å². The highest BCUT2D eigenvalue weighted by Crippen LogP contribution is 2.31. The summed E-state index contributed by atoms with van der Waals surface area (Å²) < 4.78 is 28.9. The Labute approximate surface area is 210 Å². The third kappa shape index (κ3) is 5.75. The predicted molar refractivity (Wildman–Crippen MR) is 143 cm³/mol. The molecule has 0 aliphatic carbocycles. The molecule has 35 heavy (non-hydrogen) atoms. The van der Waals surface area contributed by atoms with Gasteiger partial charge in [-0.3, -0.25) is 9.10 Å². The molecule has 0 saturated heterocycles. The van der Waals surface area contributed by atoms with Crippen molar-refractivity contribution in [2.24, 2.45) is 0 Å². The van der Waals surface area contributed by atoms with Gasteiger partial charge in [-0.05, 0) is 47.7 Å². The van der Waals surface area contributed by atoms with E-state index in [2.05, 4.69) is 12.2 Å². The van der Waals surface area contributed by atoms with Crippen LogP contribution in [0.25, 0.3) is 0 Å². The standard InChI is InChI=1S/C28H26N2O3S2/c1-2-34-27-20-12-10-18-25(27)29-28(31)24-17-9-11-19-26(24)30(21-22-13-5-3-6-14-22)35(32,33)23-15-7-4-8-16-23/h3-20H,2,21H2,1H3,(H,29,31). The van der Waals surface area contributed by atoms with Crippen LogP contribution in [0.15, 0.2) is 119 Å². The van der Waals surface area contributed by atoms with Crippen LogP contribution >= 0.6 is 11.8 Å². The van der Waals surface area contributed by atoms with Gasteiger partial charge >= 0.3 is 0 Å². The number of nitrogens with one attached hydrogen (secondary N) is 1. The minimum atomic E-state index is -3.95. The van der Waals surface area contributed by atoms with E-state index >= 15 is 0 Å². The molecule has 0 aliphatic rings. The molecule has 0 aromatic heterocycles. The van der Waals surface area contributed by atoms with Crippen LogP contribution in [0.5, 0.6) is 0 Å². The van der Waals surface area contributed by atoms with Crippen molar-refractivity contribution in [3.05, 3.63) is 120 Å². The molecule has 4 aromatic rings. The van der Waals surface area contributed by atoms with E-state index in [1.165, 1.54) is 4.31 Å². The second-order valence-electron chi connectivity index (χ2n) is 7.71. The lowest BCUT2D eigenvalue weighted by molar-refractivity contribution is 0.102. The molecule has 7 heteroatoms. The Morgan fingerprint density at radius 3 is 2.11 bits per heavy atom. The molecule has 0 aliphatic heterocycles. The van der Waals surface area contributed by atoms with Gasteiger partial charge in [0.15, 0.2) is 0 Å². The maximum absolute atomic E-state index is 13.8. The lowest BCUT2D eigenvalue weighted by Gasteiger charge is -2.26. The van der Waals surface area contributed by atoms with Crippen molar-refractivity contribution in [3.63, 3.8) is 0 Å². The van der Waals surface area contributed by atoms with Crippen molar-refractivity contribution in [3.8, 4) is 0 Å². The lowest BCUT2D eigenvalue weighted by atomic mass is 10.1. The molecular formula is C28H26N2O3S2. The number of nitrogens with zero attached hydrogens (tertiary/aromatic N) is 1. The van der Waals surface area contributed by atoms with E-state index < -0.39 is 10.0 Å². The van der Waals surface area contributed by atoms with Crippen molar-refractivity contribution >= 4 is 39.1 Å². The van der Waals surface area contributed by atoms with Gasteiger partial charge in [0.05, 0.1) is 28.4 Å². The first kappa shape index (κ1) is 24.6. The van der Waals surface area contributed by atoms with Crippen molar-refractivity contribution in [1.29, 1.82) is 0 Å². The Hall–Kier alpha value is -3.55. The summed E-state index contributed by atoms with van der Waals surface area (Å²) in [6.45, 7) is 2.14. The van der Waals surface area contributed by atoms with E-state index in [0.717, 1.165) is 16.2 Å². The number of amides is 1. The molecule has 178 valence electrons. The molecule has 4 rings (SSSR count). The Kier molecular flexibility index (Phi) is 7.90. The summed E-state index contributed by atoms with van der Waals surface area (Å²) in [4.78, 5) is 14.6. The summed E-state index contributed by atoms with van der Waals surface area (Å²) in [5.74, 6) is 0.495. The smallest absolute Gasteiger partial charge is 0.264 e. The normalized spacial score (nSPS) is 11.1. The molecule has 0 spiro atoms. The van der Waals surface area contributed by atoms with Crippen LogP contribution < -0.4 is 9.62 Å². The highest BCUT2D eigenvalue weighted by atomic mass is 32.2. The Bertz CT molecular complexity index is 1390. The molecule has 0 saturated carbocycles. The van der Waals surface area contributed by atoms with Crippen molar-refractivity contribution in [2.75, 3.05) is 15.4 Å². The number of hydrogen-bond acceptors (Lipinski definition) is 4. The fourth-order valence-electron chi connectivity index (χ4n) is 3.69. The average Bonchev–Trinajstić information content (AvgIpc) is 2.89. The number of para-hydroxylation sites is 2. The summed E-state index contributed by atoms with van der Waals surface area (Å²) in [5.41, 5.74) is 2.10. The second-order valence-corrected chi connectivity index (χ2v) is 10.9. The predicted octanol–water partition coefficient (Wildman–Crippen LogP) is 6.45. The lowest BCUT2D eigenvalue weighted by Crippen LogP contribution is -2.32. The van der Waals surface area contributed by atoms with Gasteiger partial charge in [0.1, 0.15) is 0 Å². The Morgan fingerprint density at radius 1 is 0.800 bits per heavy atom. The summed E-state index contributed by atoms with van der Waals surface area (Å²) in [5, 5.41) is 2.98. The van der Waals surface area contributed by atoms with E-state index in [1.807, 2.05) is 54.6 Å². The van der Waals surface area contributed by atoms with Crippen LogP contribution in [-0.4, -0.2) is 20.1 Å². The van der Waals surface area contributed by atoms with Gasteiger partial charge in [0.25, 0.3) is 15.9 Å². The molecule has 1 N–H and O–H groups in total. The molecule has 1 amide bonds. The number of rotatable bonds is 9. The van der Waals surface area contributed by atoms with Crippen LogP contribution in [0.3, 0.4) is 0 Å². The van der Waals surface area contributed by atoms with Crippen molar-refractivity contribution in [2.45, 2.75) is 23.3 Å². The van der Waals surface area contributed by atoms with Gasteiger partial charge < -0.3 is 5.32 Å². The molecule has 0 radical (unpaired) electrons. The van der Waals surface area contributed by atoms with Crippen molar-refractivity contribution < 1.29 is 13.2 Å². The highest BCUT2D eigenvalue weighted by Gasteiger charge is 2.28. The number of hydrogen-bond donors (Lipinski definition) is 1. The van der Waals surface area contributed by atoms with E-state index in [4.69, 9.17) is 0 Å². The van der Waals surface area contributed by atoms with Crippen LogP contribution in [0, 0.1) is 0 Å². The number of anilines is 2. The number of sulfonamides is 1. The van der Waals surface area contributed by atoms with Gasteiger partial charge in [-0.25, -0.2) is 8.42 Å². The minimum absolute atomic E-state index is 0.0879. The van der Waals surface area contributed by atoms with Crippen molar-refractivity contribution in [1.82, 2.24) is 0 Å². The van der Waals surface area contributed by atoms with Gasteiger partial charge in [0.2, 0.25) is 0 Å². The van der Waals surface area contributed by atoms with Gasteiger partial charge in [-0.1, -0.05) is 79.7 Å². The highest BCUT2D eigenvalue weighted by molar-refractivity contribution is 7.99. The molecule has 4 aromatic carbocycles. The maximum Gasteiger partial charge on any atom is 0.264 e. The molecule has 0 unspecified atom stereocenters. The second kappa shape index (κ2) is 11.3. The van der Waals surface area contributed by atoms with Gasteiger partial charge in [0, 0.05) is 4.90 Å². The van der Waals surface area contributed by atoms with Crippen LogP contribution in [-0.2, 0) is 16.6 Å². The third-order valence-corrected chi connectivity index (χ3v) is 8.08. The zero-order valence-corrected chi connectivity index (χ0v) is 20.9. The summed E-state index contributed by atoms with van der Waals surface area (Å²) in [7, 11) is -3.95. The van der Waals surface area contributed by atoms with Crippen LogP contribution in [0.2, 0.25) is 0 Å². The number of carbonyl (C=O) groups is 1. The van der Waals surface area contributed by atoms with Gasteiger partial charge in [-0.15, -0.1) is 11.8 Å². The maximum atomic E-state index is 13.8. The minimum Gasteiger partial charge on any atom is -0.321 e. The SMILES string of the molecule is CCSc1ccccc1NC(=O)c1ccccc1N(Cc1ccccc1)S(=O)(=O)c1ccccc1. The van der Waals surface area contributed by atoms with E-state index in [9.17, 15) is 13.2 Å². The number of thioether (sulfide) groups is 1. The molecule has 0 bridgehead atoms. The van der Waals surface area contributed by atoms with E-state index in [0.29, 0.717) is 11.4 Å². The summed E-state index contributed by atoms with van der Waals surface area (Å²) >= 11 is 1.63. The monoisotopic (exact) mass is 502 g/mol. The third-order valence-electron chi connectivity index (χ3n) is 5.35. The molecular weight excluding hydrogens is 476 g/mol. The van der Waals surface area contributed by atoms with E-state index in [1.54, 1.807) is 66.4 Å². The first-order valence-electron chi connectivity index (χ1n) is 11.2. The Morgan fingerprint density at radius 2 is 1.40 bits per heavy atom. The number of benzene rings is 4. The fourth-order valence-corrected chi connectivity index (χ4v) is 5.95. The van der Waals surface area contributed by atoms with Gasteiger partial charge in [-0.2, -0.15) is 0 Å². The summed E-state index contributed by atoms with van der Waals surface area (Å²) in [6.07, 6.45) is 0. The molecule has 0 heterocycles. The first-order valence-corrected chi connectivity index (χ1v) is 13.7. The zero-order valence-electron chi connectivity index (χ0n) is 19.3. The zero-order chi connectivity index (χ0) is 24.7. The van der Waals surface area contributed by atoms with Crippen LogP contribution in [0.1, 0.15) is 22.8 Å². The molecule has 0 fully saturated rings. The summed E-state index contributed by atoms with van der Waals surface area (Å²) in [6, 6.07) is 32.0. The molecule has 0 atom stereocenters. The average molecular weight is 503 g/mol. The quantitative estimate of drug-likeness (QED) is 0.267. The molecule has 5 nitrogen and oxygen atoms in total. The van der Waals surface area contributed by atoms with E-state index in [-0.39, 0.29) is 22.9 Å². The Balaban J connectivity index is 1.77. The fraction of sp³-hybridized carbons (Fsp3) is 0.107. The first-order chi connectivity index (χ1) is 17.0. The number of carbonyl (C=O) groups excluding carboxylic acids is 1. The van der Waals surface area contributed by atoms with Crippen LogP contribution in [0.4, 0.5) is 11.4 Å². The largest absolute Gasteiger partial charge is 0.321 e.